The normalized spacial score (nSPS) is 18.2. The second-order valence-electron chi connectivity index (χ2n) is 6.17. The summed E-state index contributed by atoms with van der Waals surface area (Å²) in [5.74, 6) is -0.611. The third-order valence-electron chi connectivity index (χ3n) is 4.52. The Hall–Kier alpha value is -1.14. The Bertz CT molecular complexity index is 383. The largest absolute Gasteiger partial charge is 0.466 e. The molecular weight excluding hydrogens is 308 g/mol. The molecule has 1 aliphatic rings. The van der Waals surface area contributed by atoms with Crippen molar-refractivity contribution in [2.75, 3.05) is 32.8 Å². The van der Waals surface area contributed by atoms with Crippen molar-refractivity contribution in [3.05, 3.63) is 0 Å². The van der Waals surface area contributed by atoms with Crippen molar-refractivity contribution in [2.45, 2.75) is 65.8 Å². The molecule has 0 amide bonds. The predicted octanol–water partition coefficient (Wildman–Crippen LogP) is 2.62. The van der Waals surface area contributed by atoms with E-state index in [0.717, 1.165) is 25.9 Å². The average Bonchev–Trinajstić information content (AvgIpc) is 2.59. The van der Waals surface area contributed by atoms with E-state index < -0.39 is 0 Å². The number of hydrazine groups is 1. The standard InChI is InChI=1S/C18H34N2O4/c1-5-15(17(21)23-7-3)14-20(19-12-10-9-11-13-19)16(6-2)18(22)24-8-4/h15-16H,5-14H2,1-4H3. The molecule has 0 radical (unpaired) electrons. The van der Waals surface area contributed by atoms with E-state index in [9.17, 15) is 9.59 Å². The van der Waals surface area contributed by atoms with E-state index in [1.807, 2.05) is 27.7 Å². The summed E-state index contributed by atoms with van der Waals surface area (Å²) in [4.78, 5) is 24.6. The predicted molar refractivity (Wildman–Crippen MR) is 93.3 cm³/mol. The molecule has 0 N–H and O–H groups in total. The highest BCUT2D eigenvalue weighted by Crippen LogP contribution is 2.20. The summed E-state index contributed by atoms with van der Waals surface area (Å²) >= 11 is 0. The lowest BCUT2D eigenvalue weighted by Crippen LogP contribution is -2.56. The van der Waals surface area contributed by atoms with Crippen molar-refractivity contribution in [2.24, 2.45) is 5.92 Å². The first kappa shape index (κ1) is 20.9. The number of hydrogen-bond acceptors (Lipinski definition) is 6. The van der Waals surface area contributed by atoms with Gasteiger partial charge in [0.2, 0.25) is 0 Å². The summed E-state index contributed by atoms with van der Waals surface area (Å²) in [7, 11) is 0. The summed E-state index contributed by atoms with van der Waals surface area (Å²) in [5.41, 5.74) is 0. The molecule has 140 valence electrons. The first-order chi connectivity index (χ1) is 11.6. The molecule has 0 aromatic rings. The highest BCUT2D eigenvalue weighted by atomic mass is 16.5. The van der Waals surface area contributed by atoms with Gasteiger partial charge >= 0.3 is 11.9 Å². The monoisotopic (exact) mass is 342 g/mol. The van der Waals surface area contributed by atoms with Gasteiger partial charge in [-0.3, -0.25) is 9.59 Å². The molecule has 1 aliphatic heterocycles. The van der Waals surface area contributed by atoms with Gasteiger partial charge in [-0.2, -0.15) is 0 Å². The molecule has 6 nitrogen and oxygen atoms in total. The Balaban J connectivity index is 2.93. The van der Waals surface area contributed by atoms with E-state index in [1.165, 1.54) is 6.42 Å². The van der Waals surface area contributed by atoms with Gasteiger partial charge in [0.15, 0.2) is 0 Å². The maximum absolute atomic E-state index is 12.4. The van der Waals surface area contributed by atoms with E-state index in [4.69, 9.17) is 9.47 Å². The van der Waals surface area contributed by atoms with Crippen LogP contribution in [0.5, 0.6) is 0 Å². The van der Waals surface area contributed by atoms with Crippen LogP contribution in [-0.2, 0) is 19.1 Å². The minimum Gasteiger partial charge on any atom is -0.466 e. The van der Waals surface area contributed by atoms with Crippen molar-refractivity contribution in [3.63, 3.8) is 0 Å². The van der Waals surface area contributed by atoms with Gasteiger partial charge in [-0.15, -0.1) is 0 Å². The summed E-state index contributed by atoms with van der Waals surface area (Å²) in [6.07, 6.45) is 4.81. The maximum Gasteiger partial charge on any atom is 0.324 e. The van der Waals surface area contributed by atoms with Crippen LogP contribution in [0, 0.1) is 5.92 Å². The molecule has 6 heteroatoms. The Morgan fingerprint density at radius 1 is 0.917 bits per heavy atom. The second kappa shape index (κ2) is 11.4. The fourth-order valence-corrected chi connectivity index (χ4v) is 3.17. The van der Waals surface area contributed by atoms with Gasteiger partial charge in [-0.25, -0.2) is 10.0 Å². The molecule has 0 bridgehead atoms. The number of carbonyl (C=O) groups is 2. The van der Waals surface area contributed by atoms with E-state index >= 15 is 0 Å². The summed E-state index contributed by atoms with van der Waals surface area (Å²) in [6.45, 7) is 10.7. The van der Waals surface area contributed by atoms with E-state index in [1.54, 1.807) is 0 Å². The Kier molecular flexibility index (Phi) is 9.95. The zero-order valence-corrected chi connectivity index (χ0v) is 15.8. The van der Waals surface area contributed by atoms with Crippen LogP contribution in [0.1, 0.15) is 59.8 Å². The van der Waals surface area contributed by atoms with Crippen LogP contribution < -0.4 is 0 Å². The van der Waals surface area contributed by atoms with Crippen molar-refractivity contribution in [3.8, 4) is 0 Å². The Morgan fingerprint density at radius 2 is 1.50 bits per heavy atom. The summed E-state index contributed by atoms with van der Waals surface area (Å²) in [5, 5.41) is 4.30. The van der Waals surface area contributed by atoms with Gasteiger partial charge in [0, 0.05) is 19.6 Å². The van der Waals surface area contributed by atoms with Crippen molar-refractivity contribution < 1.29 is 19.1 Å². The van der Waals surface area contributed by atoms with Gasteiger partial charge in [0.1, 0.15) is 6.04 Å². The van der Waals surface area contributed by atoms with Crippen molar-refractivity contribution in [1.82, 2.24) is 10.0 Å². The number of nitrogens with zero attached hydrogens (tertiary/aromatic N) is 2. The molecule has 0 aliphatic carbocycles. The highest BCUT2D eigenvalue weighted by molar-refractivity contribution is 5.76. The molecule has 0 saturated carbocycles. The molecule has 24 heavy (non-hydrogen) atoms. The first-order valence-corrected chi connectivity index (χ1v) is 9.43. The SMILES string of the molecule is CCOC(=O)C(CC)CN(C(CC)C(=O)OCC)N1CCCCC1. The number of carbonyl (C=O) groups excluding carboxylic acids is 2. The van der Waals surface area contributed by atoms with Crippen LogP contribution in [0.3, 0.4) is 0 Å². The van der Waals surface area contributed by atoms with Crippen LogP contribution in [0.25, 0.3) is 0 Å². The molecule has 1 fully saturated rings. The van der Waals surface area contributed by atoms with Gasteiger partial charge in [-0.1, -0.05) is 20.3 Å². The van der Waals surface area contributed by atoms with E-state index in [2.05, 4.69) is 10.0 Å². The molecule has 0 aromatic heterocycles. The van der Waals surface area contributed by atoms with Crippen LogP contribution in [-0.4, -0.2) is 60.8 Å². The molecule has 0 spiro atoms. The summed E-state index contributed by atoms with van der Waals surface area (Å²) in [6, 6.07) is -0.341. The smallest absolute Gasteiger partial charge is 0.324 e. The van der Waals surface area contributed by atoms with E-state index in [0.29, 0.717) is 32.6 Å². The third kappa shape index (κ3) is 6.06. The fraction of sp³-hybridized carbons (Fsp3) is 0.889. The first-order valence-electron chi connectivity index (χ1n) is 9.43. The third-order valence-corrected chi connectivity index (χ3v) is 4.52. The van der Waals surface area contributed by atoms with Gasteiger partial charge in [0.05, 0.1) is 19.1 Å². The van der Waals surface area contributed by atoms with Crippen molar-refractivity contribution in [1.29, 1.82) is 0 Å². The fourth-order valence-electron chi connectivity index (χ4n) is 3.17. The Labute approximate surface area is 146 Å². The minimum absolute atomic E-state index is 0.180. The molecule has 1 rings (SSSR count). The quantitative estimate of drug-likeness (QED) is 0.569. The summed E-state index contributed by atoms with van der Waals surface area (Å²) < 4.78 is 10.5. The highest BCUT2D eigenvalue weighted by Gasteiger charge is 2.34. The molecular formula is C18H34N2O4. The zero-order valence-electron chi connectivity index (χ0n) is 15.8. The lowest BCUT2D eigenvalue weighted by molar-refractivity contribution is -0.167. The average molecular weight is 342 g/mol. The second-order valence-corrected chi connectivity index (χ2v) is 6.17. The number of ether oxygens (including phenoxy) is 2. The van der Waals surface area contributed by atoms with Gasteiger partial charge < -0.3 is 9.47 Å². The molecule has 1 heterocycles. The van der Waals surface area contributed by atoms with Crippen LogP contribution >= 0.6 is 0 Å². The van der Waals surface area contributed by atoms with Crippen LogP contribution in [0.4, 0.5) is 0 Å². The molecule has 2 atom stereocenters. The lowest BCUT2D eigenvalue weighted by atomic mass is 10.0. The maximum atomic E-state index is 12.4. The van der Waals surface area contributed by atoms with Crippen LogP contribution in [0.15, 0.2) is 0 Å². The lowest BCUT2D eigenvalue weighted by Gasteiger charge is -2.42. The number of hydrogen-bond donors (Lipinski definition) is 0. The molecule has 0 aromatic carbocycles. The van der Waals surface area contributed by atoms with Gasteiger partial charge in [-0.05, 0) is 39.5 Å². The number of rotatable bonds is 10. The van der Waals surface area contributed by atoms with Gasteiger partial charge in [0.25, 0.3) is 0 Å². The molecule has 1 saturated heterocycles. The topological polar surface area (TPSA) is 59.1 Å². The van der Waals surface area contributed by atoms with E-state index in [-0.39, 0.29) is 23.9 Å². The number of piperidine rings is 1. The Morgan fingerprint density at radius 3 is 2.00 bits per heavy atom. The zero-order chi connectivity index (χ0) is 17.9. The minimum atomic E-state index is -0.341. The molecule has 2 unspecified atom stereocenters. The van der Waals surface area contributed by atoms with Crippen LogP contribution in [0.2, 0.25) is 0 Å². The van der Waals surface area contributed by atoms with Crippen molar-refractivity contribution >= 4 is 11.9 Å². The number of esters is 2.